The van der Waals surface area contributed by atoms with Crippen LogP contribution in [0.4, 0.5) is 0 Å². The highest BCUT2D eigenvalue weighted by Gasteiger charge is 2.25. The minimum atomic E-state index is 0. The predicted octanol–water partition coefficient (Wildman–Crippen LogP) is 1.78. The highest BCUT2D eigenvalue weighted by Crippen LogP contribution is 2.17. The molecule has 0 unspecified atom stereocenters. The monoisotopic (exact) mass is 275 g/mol. The van der Waals surface area contributed by atoms with E-state index in [1.54, 1.807) is 0 Å². The van der Waals surface area contributed by atoms with Gasteiger partial charge in [0.15, 0.2) is 0 Å². The molecule has 0 heterocycles. The molecule has 0 aromatic heterocycles. The fourth-order valence-electron chi connectivity index (χ4n) is 2.63. The van der Waals surface area contributed by atoms with Crippen LogP contribution in [0.3, 0.4) is 0 Å². The molecule has 0 radical (unpaired) electrons. The van der Waals surface area contributed by atoms with Gasteiger partial charge in [0.2, 0.25) is 0 Å². The molecule has 0 fully saturated rings. The van der Waals surface area contributed by atoms with Crippen LogP contribution in [-0.4, -0.2) is 30.7 Å². The van der Waals surface area contributed by atoms with Crippen LogP contribution in [0, 0.1) is 0 Å². The Bertz CT molecular complexity index is 179. The SMILES string of the molecule is C=C(C)C[N+](CCCC)(CCCC)CCCC.[Cl-]. The number of hydrogen-bond donors (Lipinski definition) is 0. The summed E-state index contributed by atoms with van der Waals surface area (Å²) in [4.78, 5) is 0. The van der Waals surface area contributed by atoms with Gasteiger partial charge in [-0.15, -0.1) is 0 Å². The first-order chi connectivity index (χ1) is 8.10. The van der Waals surface area contributed by atoms with Gasteiger partial charge in [-0.05, 0) is 31.8 Å². The summed E-state index contributed by atoms with van der Waals surface area (Å²) in [6.07, 6.45) is 8.03. The molecule has 0 aromatic carbocycles. The molecule has 2 heteroatoms. The van der Waals surface area contributed by atoms with Gasteiger partial charge in [-0.1, -0.05) is 46.6 Å². The summed E-state index contributed by atoms with van der Waals surface area (Å²) >= 11 is 0. The highest BCUT2D eigenvalue weighted by molar-refractivity contribution is 4.88. The summed E-state index contributed by atoms with van der Waals surface area (Å²) < 4.78 is 1.30. The first kappa shape index (κ1) is 20.3. The topological polar surface area (TPSA) is 0 Å². The zero-order valence-corrected chi connectivity index (χ0v) is 13.9. The summed E-state index contributed by atoms with van der Waals surface area (Å²) in [7, 11) is 0. The number of nitrogens with zero attached hydrogens (tertiary/aromatic N) is 1. The second-order valence-electron chi connectivity index (χ2n) is 5.69. The Labute approximate surface area is 122 Å². The molecule has 0 rings (SSSR count). The van der Waals surface area contributed by atoms with Crippen molar-refractivity contribution in [3.63, 3.8) is 0 Å². The molecule has 0 aliphatic rings. The zero-order chi connectivity index (χ0) is 13.1. The molecular formula is C16H34ClN. The Morgan fingerprint density at radius 2 is 1.17 bits per heavy atom. The average Bonchev–Trinajstić information content (AvgIpc) is 2.30. The second-order valence-corrected chi connectivity index (χ2v) is 5.69. The Morgan fingerprint density at radius 3 is 1.39 bits per heavy atom. The first-order valence-corrected chi connectivity index (χ1v) is 7.59. The van der Waals surface area contributed by atoms with Crippen LogP contribution in [0.2, 0.25) is 0 Å². The molecule has 0 bridgehead atoms. The van der Waals surface area contributed by atoms with Crippen molar-refractivity contribution in [3.8, 4) is 0 Å². The minimum Gasteiger partial charge on any atom is -1.00 e. The van der Waals surface area contributed by atoms with Crippen LogP contribution in [0.5, 0.6) is 0 Å². The predicted molar refractivity (Wildman–Crippen MR) is 79.3 cm³/mol. The molecule has 0 atom stereocenters. The molecular weight excluding hydrogens is 242 g/mol. The van der Waals surface area contributed by atoms with Crippen LogP contribution in [0.1, 0.15) is 66.2 Å². The van der Waals surface area contributed by atoms with E-state index in [-0.39, 0.29) is 12.4 Å². The van der Waals surface area contributed by atoms with Crippen molar-refractivity contribution < 1.29 is 16.9 Å². The quantitative estimate of drug-likeness (QED) is 0.398. The molecule has 0 aromatic rings. The number of rotatable bonds is 11. The lowest BCUT2D eigenvalue weighted by Gasteiger charge is -2.39. The van der Waals surface area contributed by atoms with Crippen molar-refractivity contribution >= 4 is 0 Å². The van der Waals surface area contributed by atoms with Crippen molar-refractivity contribution in [2.24, 2.45) is 0 Å². The fraction of sp³-hybridized carbons (Fsp3) is 0.875. The Morgan fingerprint density at radius 1 is 0.833 bits per heavy atom. The van der Waals surface area contributed by atoms with Gasteiger partial charge >= 0.3 is 0 Å². The van der Waals surface area contributed by atoms with Crippen molar-refractivity contribution in [1.82, 2.24) is 0 Å². The summed E-state index contributed by atoms with van der Waals surface area (Å²) in [5.41, 5.74) is 1.35. The molecule has 0 amide bonds. The van der Waals surface area contributed by atoms with Gasteiger partial charge in [0.1, 0.15) is 0 Å². The van der Waals surface area contributed by atoms with E-state index in [0.717, 1.165) is 0 Å². The van der Waals surface area contributed by atoms with E-state index in [1.807, 2.05) is 0 Å². The van der Waals surface area contributed by atoms with Crippen LogP contribution in [0.15, 0.2) is 12.2 Å². The Hall–Kier alpha value is -0.0100. The highest BCUT2D eigenvalue weighted by atomic mass is 35.5. The Balaban J connectivity index is 0. The molecule has 0 saturated carbocycles. The van der Waals surface area contributed by atoms with Gasteiger partial charge in [0.25, 0.3) is 0 Å². The molecule has 0 N–H and O–H groups in total. The van der Waals surface area contributed by atoms with E-state index in [1.165, 1.54) is 74.8 Å². The molecule has 18 heavy (non-hydrogen) atoms. The van der Waals surface area contributed by atoms with Crippen LogP contribution >= 0.6 is 0 Å². The smallest absolute Gasteiger partial charge is 0.0998 e. The van der Waals surface area contributed by atoms with E-state index in [2.05, 4.69) is 34.3 Å². The summed E-state index contributed by atoms with van der Waals surface area (Å²) in [5, 5.41) is 0. The molecule has 0 aliphatic heterocycles. The van der Waals surface area contributed by atoms with Crippen LogP contribution < -0.4 is 12.4 Å². The first-order valence-electron chi connectivity index (χ1n) is 7.59. The van der Waals surface area contributed by atoms with E-state index >= 15 is 0 Å². The maximum absolute atomic E-state index is 4.15. The maximum Gasteiger partial charge on any atom is 0.0998 e. The van der Waals surface area contributed by atoms with Gasteiger partial charge in [0.05, 0.1) is 26.2 Å². The number of halogens is 1. The molecule has 110 valence electrons. The maximum atomic E-state index is 4.15. The molecule has 1 nitrogen and oxygen atoms in total. The number of hydrogen-bond acceptors (Lipinski definition) is 0. The van der Waals surface area contributed by atoms with E-state index < -0.39 is 0 Å². The third kappa shape index (κ3) is 8.99. The lowest BCUT2D eigenvalue weighted by molar-refractivity contribution is -0.924. The molecule has 0 saturated heterocycles. The molecule has 0 spiro atoms. The van der Waals surface area contributed by atoms with E-state index in [0.29, 0.717) is 0 Å². The Kier molecular flexibility index (Phi) is 13.6. The van der Waals surface area contributed by atoms with Gasteiger partial charge < -0.3 is 16.9 Å². The standard InChI is InChI=1S/C16H34N.ClH/c1-6-9-12-17(13-10-7-2,14-11-8-3)15-16(4)5;/h4,6-15H2,1-3,5H3;1H/q+1;/p-1. The fourth-order valence-corrected chi connectivity index (χ4v) is 2.63. The third-order valence-corrected chi connectivity index (χ3v) is 3.56. The van der Waals surface area contributed by atoms with Crippen molar-refractivity contribution in [3.05, 3.63) is 12.2 Å². The van der Waals surface area contributed by atoms with Gasteiger partial charge in [-0.25, -0.2) is 0 Å². The van der Waals surface area contributed by atoms with Gasteiger partial charge in [0, 0.05) is 0 Å². The normalized spacial score (nSPS) is 11.1. The largest absolute Gasteiger partial charge is 1.00 e. The van der Waals surface area contributed by atoms with Gasteiger partial charge in [-0.2, -0.15) is 0 Å². The lowest BCUT2D eigenvalue weighted by Crippen LogP contribution is -3.00. The van der Waals surface area contributed by atoms with Crippen molar-refractivity contribution in [1.29, 1.82) is 0 Å². The van der Waals surface area contributed by atoms with Gasteiger partial charge in [-0.3, -0.25) is 0 Å². The summed E-state index contributed by atoms with van der Waals surface area (Å²) in [5.74, 6) is 0. The minimum absolute atomic E-state index is 0. The number of unbranched alkanes of at least 4 members (excludes halogenated alkanes) is 3. The van der Waals surface area contributed by atoms with E-state index in [4.69, 9.17) is 0 Å². The second kappa shape index (κ2) is 12.0. The lowest BCUT2D eigenvalue weighted by atomic mass is 10.1. The summed E-state index contributed by atoms with van der Waals surface area (Å²) in [6, 6.07) is 0. The summed E-state index contributed by atoms with van der Waals surface area (Å²) in [6.45, 7) is 18.5. The van der Waals surface area contributed by atoms with Crippen molar-refractivity contribution in [2.45, 2.75) is 66.2 Å². The molecule has 0 aliphatic carbocycles. The number of quaternary nitrogens is 1. The van der Waals surface area contributed by atoms with Crippen LogP contribution in [0.25, 0.3) is 0 Å². The zero-order valence-electron chi connectivity index (χ0n) is 13.1. The van der Waals surface area contributed by atoms with Crippen molar-refractivity contribution in [2.75, 3.05) is 26.2 Å². The average molecular weight is 276 g/mol. The third-order valence-electron chi connectivity index (χ3n) is 3.56. The van der Waals surface area contributed by atoms with E-state index in [9.17, 15) is 0 Å². The van der Waals surface area contributed by atoms with Crippen LogP contribution in [-0.2, 0) is 0 Å².